The van der Waals surface area contributed by atoms with Crippen LogP contribution in [0.5, 0.6) is 0 Å². The van der Waals surface area contributed by atoms with Crippen molar-refractivity contribution >= 4 is 17.9 Å². The van der Waals surface area contributed by atoms with Gasteiger partial charge in [-0.2, -0.15) is 0 Å². The van der Waals surface area contributed by atoms with E-state index in [0.717, 1.165) is 0 Å². The first-order valence-corrected chi connectivity index (χ1v) is 4.30. The number of carboxylic acid groups (broad SMARTS) is 3. The molecule has 8 heteroatoms. The van der Waals surface area contributed by atoms with Crippen molar-refractivity contribution in [2.24, 2.45) is 0 Å². The number of carboxylic acids is 3. The van der Waals surface area contributed by atoms with Crippen LogP contribution in [0.2, 0.25) is 0 Å². The van der Waals surface area contributed by atoms with Crippen molar-refractivity contribution in [3.05, 3.63) is 12.7 Å². The van der Waals surface area contributed by atoms with E-state index in [2.05, 4.69) is 6.58 Å². The topological polar surface area (TPSA) is 152 Å². The molecule has 8 nitrogen and oxygen atoms in total. The standard InChI is InChI=1S/C6H8O7.C3H6O/c7-3(8)1-6(13,5(11)12)2-4(9)10;1-2-3-4/h13H,1-2H2,(H,7,8)(H,9,10)(H,11,12);2,4H,1,3H2. The normalized spacial score (nSPS) is 9.76. The van der Waals surface area contributed by atoms with Gasteiger partial charge in [0, 0.05) is 0 Å². The summed E-state index contributed by atoms with van der Waals surface area (Å²) in [5.41, 5.74) is -2.74. The van der Waals surface area contributed by atoms with Crippen LogP contribution in [0.4, 0.5) is 0 Å². The zero-order valence-corrected chi connectivity index (χ0v) is 8.87. The van der Waals surface area contributed by atoms with Crippen molar-refractivity contribution in [2.45, 2.75) is 18.4 Å². The lowest BCUT2D eigenvalue weighted by molar-refractivity contribution is -0.170. The van der Waals surface area contributed by atoms with Gasteiger partial charge in [0.1, 0.15) is 0 Å². The van der Waals surface area contributed by atoms with E-state index >= 15 is 0 Å². The first-order valence-electron chi connectivity index (χ1n) is 4.30. The summed E-state index contributed by atoms with van der Waals surface area (Å²) in [7, 11) is 0. The predicted molar refractivity (Wildman–Crippen MR) is 54.4 cm³/mol. The fraction of sp³-hybridized carbons (Fsp3) is 0.444. The minimum atomic E-state index is -2.74. The highest BCUT2D eigenvalue weighted by atomic mass is 16.4. The Labute approximate surface area is 96.4 Å². The second kappa shape index (κ2) is 8.25. The Bertz CT molecular complexity index is 279. The SMILES string of the molecule is C=CCO.O=C(O)CC(O)(CC(=O)O)C(=O)O. The molecule has 0 saturated heterocycles. The molecule has 0 aliphatic rings. The van der Waals surface area contributed by atoms with Crippen LogP contribution in [0.25, 0.3) is 0 Å². The Hall–Kier alpha value is -1.93. The molecule has 17 heavy (non-hydrogen) atoms. The Balaban J connectivity index is 0. The highest BCUT2D eigenvalue weighted by Gasteiger charge is 2.40. The molecule has 0 aliphatic heterocycles. The molecule has 0 aromatic carbocycles. The third kappa shape index (κ3) is 9.03. The molecule has 5 N–H and O–H groups in total. The van der Waals surface area contributed by atoms with Crippen LogP contribution in [0.15, 0.2) is 12.7 Å². The van der Waals surface area contributed by atoms with Gasteiger partial charge < -0.3 is 25.5 Å². The molecule has 0 spiro atoms. The van der Waals surface area contributed by atoms with Crippen molar-refractivity contribution in [3.63, 3.8) is 0 Å². The second-order valence-corrected chi connectivity index (χ2v) is 2.95. The summed E-state index contributed by atoms with van der Waals surface area (Å²) < 4.78 is 0. The molecule has 0 aliphatic carbocycles. The van der Waals surface area contributed by atoms with Gasteiger partial charge in [-0.15, -0.1) is 6.58 Å². The third-order valence-corrected chi connectivity index (χ3v) is 1.41. The largest absolute Gasteiger partial charge is 0.481 e. The summed E-state index contributed by atoms with van der Waals surface area (Å²) in [6, 6.07) is 0. The number of rotatable bonds is 6. The molecular weight excluding hydrogens is 236 g/mol. The molecule has 0 aromatic rings. The van der Waals surface area contributed by atoms with Crippen molar-refractivity contribution in [2.75, 3.05) is 6.61 Å². The first kappa shape index (κ1) is 17.5. The molecule has 0 radical (unpaired) electrons. The van der Waals surface area contributed by atoms with Crippen LogP contribution in [-0.2, 0) is 14.4 Å². The lowest BCUT2D eigenvalue weighted by Crippen LogP contribution is -2.42. The van der Waals surface area contributed by atoms with E-state index in [1.165, 1.54) is 6.08 Å². The summed E-state index contributed by atoms with van der Waals surface area (Å²) in [6.45, 7) is 3.31. The summed E-state index contributed by atoms with van der Waals surface area (Å²) in [4.78, 5) is 30.5. The highest BCUT2D eigenvalue weighted by molar-refractivity contribution is 5.88. The molecule has 0 heterocycles. The van der Waals surface area contributed by atoms with Crippen molar-refractivity contribution in [3.8, 4) is 0 Å². The van der Waals surface area contributed by atoms with Gasteiger partial charge in [-0.25, -0.2) is 4.79 Å². The maximum atomic E-state index is 10.3. The van der Waals surface area contributed by atoms with E-state index < -0.39 is 36.4 Å². The molecular formula is C9H14O8. The van der Waals surface area contributed by atoms with Crippen LogP contribution in [-0.4, -0.2) is 55.6 Å². The molecule has 0 unspecified atom stereocenters. The van der Waals surface area contributed by atoms with Gasteiger partial charge >= 0.3 is 17.9 Å². The number of aliphatic carboxylic acids is 3. The Kier molecular flexibility index (Phi) is 8.47. The Morgan fingerprint density at radius 3 is 1.47 bits per heavy atom. The summed E-state index contributed by atoms with van der Waals surface area (Å²) in [5.74, 6) is -5.02. The average Bonchev–Trinajstić information content (AvgIpc) is 2.15. The lowest BCUT2D eigenvalue weighted by atomic mass is 9.96. The highest BCUT2D eigenvalue weighted by Crippen LogP contribution is 2.15. The Morgan fingerprint density at radius 2 is 1.35 bits per heavy atom. The summed E-state index contributed by atoms with van der Waals surface area (Å²) in [5, 5.41) is 41.6. The molecule has 0 aromatic heterocycles. The van der Waals surface area contributed by atoms with Crippen LogP contribution >= 0.6 is 0 Å². The molecule has 0 rings (SSSR count). The lowest BCUT2D eigenvalue weighted by Gasteiger charge is -2.18. The van der Waals surface area contributed by atoms with E-state index in [-0.39, 0.29) is 6.61 Å². The van der Waals surface area contributed by atoms with Gasteiger partial charge in [-0.3, -0.25) is 9.59 Å². The number of carbonyl (C=O) groups is 3. The summed E-state index contributed by atoms with van der Waals surface area (Å²) in [6.07, 6.45) is -0.858. The maximum Gasteiger partial charge on any atom is 0.336 e. The molecule has 0 bridgehead atoms. The van der Waals surface area contributed by atoms with Gasteiger partial charge in [-0.1, -0.05) is 6.08 Å². The zero-order chi connectivity index (χ0) is 14.1. The fourth-order valence-electron chi connectivity index (χ4n) is 0.714. The van der Waals surface area contributed by atoms with E-state index in [9.17, 15) is 14.4 Å². The van der Waals surface area contributed by atoms with Crippen LogP contribution in [0.3, 0.4) is 0 Å². The molecule has 98 valence electrons. The predicted octanol–water partition coefficient (Wildman–Crippen LogP) is -1.08. The second-order valence-electron chi connectivity index (χ2n) is 2.95. The number of aliphatic hydroxyl groups is 2. The third-order valence-electron chi connectivity index (χ3n) is 1.41. The number of aliphatic hydroxyl groups excluding tert-OH is 1. The van der Waals surface area contributed by atoms with Crippen LogP contribution in [0, 0.1) is 0 Å². The van der Waals surface area contributed by atoms with Crippen molar-refractivity contribution < 1.29 is 39.9 Å². The van der Waals surface area contributed by atoms with E-state index in [4.69, 9.17) is 25.5 Å². The quantitative estimate of drug-likeness (QED) is 0.373. The van der Waals surface area contributed by atoms with Crippen LogP contribution in [0.1, 0.15) is 12.8 Å². The maximum absolute atomic E-state index is 10.3. The molecule has 0 fully saturated rings. The van der Waals surface area contributed by atoms with Crippen molar-refractivity contribution in [1.29, 1.82) is 0 Å². The smallest absolute Gasteiger partial charge is 0.336 e. The Morgan fingerprint density at radius 1 is 1.06 bits per heavy atom. The van der Waals surface area contributed by atoms with E-state index in [1.807, 2.05) is 0 Å². The minimum Gasteiger partial charge on any atom is -0.481 e. The first-order chi connectivity index (χ1) is 7.69. The van der Waals surface area contributed by atoms with Crippen molar-refractivity contribution in [1.82, 2.24) is 0 Å². The van der Waals surface area contributed by atoms with Gasteiger partial charge in [-0.05, 0) is 0 Å². The monoisotopic (exact) mass is 250 g/mol. The number of hydrogen-bond acceptors (Lipinski definition) is 5. The van der Waals surface area contributed by atoms with Gasteiger partial charge in [0.2, 0.25) is 0 Å². The minimum absolute atomic E-state index is 0.0833. The molecule has 0 amide bonds. The van der Waals surface area contributed by atoms with E-state index in [0.29, 0.717) is 0 Å². The van der Waals surface area contributed by atoms with Gasteiger partial charge in [0.25, 0.3) is 0 Å². The zero-order valence-electron chi connectivity index (χ0n) is 8.87. The van der Waals surface area contributed by atoms with Gasteiger partial charge in [0.15, 0.2) is 5.60 Å². The summed E-state index contributed by atoms with van der Waals surface area (Å²) >= 11 is 0. The fourth-order valence-corrected chi connectivity index (χ4v) is 0.714. The van der Waals surface area contributed by atoms with Gasteiger partial charge in [0.05, 0.1) is 19.4 Å². The van der Waals surface area contributed by atoms with E-state index in [1.54, 1.807) is 0 Å². The van der Waals surface area contributed by atoms with Crippen LogP contribution < -0.4 is 0 Å². The number of hydrogen-bond donors (Lipinski definition) is 5. The molecule has 0 saturated carbocycles. The molecule has 0 atom stereocenters. The average molecular weight is 250 g/mol.